The molecule has 2 atom stereocenters. The molecule has 0 aromatic rings. The Morgan fingerprint density at radius 2 is 1.42 bits per heavy atom. The molecule has 3 nitrogen and oxygen atoms in total. The van der Waals surface area contributed by atoms with E-state index in [2.05, 4.69) is 12.4 Å². The van der Waals surface area contributed by atoms with Gasteiger partial charge in [0.1, 0.15) is 0 Å². The maximum absolute atomic E-state index is 6.04. The van der Waals surface area contributed by atoms with E-state index in [-0.39, 0.29) is 0 Å². The van der Waals surface area contributed by atoms with Gasteiger partial charge in [0.2, 0.25) is 0 Å². The molecular weight excluding hydrogens is 238 g/mol. The standard InChI is InChI=1S/C16H33NO2/c1-17-15-11-9-7-5-3-4-6-8-10-12-16(15)19-14-13-18-2/h15-17H,3-14H2,1-2H3. The summed E-state index contributed by atoms with van der Waals surface area (Å²) in [5, 5.41) is 3.47. The molecule has 3 heteroatoms. The molecular formula is C16H33NO2. The lowest BCUT2D eigenvalue weighted by molar-refractivity contribution is -0.00805. The molecule has 19 heavy (non-hydrogen) atoms. The molecule has 1 aliphatic carbocycles. The monoisotopic (exact) mass is 271 g/mol. The number of rotatable bonds is 5. The number of ether oxygens (including phenoxy) is 2. The van der Waals surface area contributed by atoms with Gasteiger partial charge < -0.3 is 14.8 Å². The summed E-state index contributed by atoms with van der Waals surface area (Å²) in [6.45, 7) is 1.42. The van der Waals surface area contributed by atoms with Gasteiger partial charge in [-0.25, -0.2) is 0 Å². The van der Waals surface area contributed by atoms with Crippen molar-refractivity contribution in [1.29, 1.82) is 0 Å². The molecule has 114 valence electrons. The molecule has 1 aliphatic rings. The fourth-order valence-electron chi connectivity index (χ4n) is 2.97. The van der Waals surface area contributed by atoms with Gasteiger partial charge in [-0.3, -0.25) is 0 Å². The van der Waals surface area contributed by atoms with E-state index < -0.39 is 0 Å². The molecule has 1 rings (SSSR count). The van der Waals surface area contributed by atoms with Crippen LogP contribution >= 0.6 is 0 Å². The smallest absolute Gasteiger partial charge is 0.0729 e. The van der Waals surface area contributed by atoms with Gasteiger partial charge in [0.15, 0.2) is 0 Å². The van der Waals surface area contributed by atoms with Crippen LogP contribution in [0.2, 0.25) is 0 Å². The molecule has 0 aromatic heterocycles. The van der Waals surface area contributed by atoms with Crippen LogP contribution < -0.4 is 5.32 Å². The highest BCUT2D eigenvalue weighted by Crippen LogP contribution is 2.19. The fourth-order valence-corrected chi connectivity index (χ4v) is 2.97. The summed E-state index contributed by atoms with van der Waals surface area (Å²) in [6, 6.07) is 0.510. The normalized spacial score (nSPS) is 27.5. The van der Waals surface area contributed by atoms with Crippen LogP contribution in [0.1, 0.15) is 64.2 Å². The van der Waals surface area contributed by atoms with E-state index in [1.165, 1.54) is 64.2 Å². The second-order valence-corrected chi connectivity index (χ2v) is 5.70. The zero-order valence-electron chi connectivity index (χ0n) is 13.0. The minimum Gasteiger partial charge on any atom is -0.382 e. The third kappa shape index (κ3) is 7.91. The first-order valence-electron chi connectivity index (χ1n) is 8.16. The maximum atomic E-state index is 6.04. The lowest BCUT2D eigenvalue weighted by Crippen LogP contribution is -2.40. The number of likely N-dealkylation sites (N-methyl/N-ethyl adjacent to an activating group) is 1. The van der Waals surface area contributed by atoms with E-state index in [0.29, 0.717) is 18.8 Å². The third-order valence-electron chi connectivity index (χ3n) is 4.19. The highest BCUT2D eigenvalue weighted by Gasteiger charge is 2.20. The Kier molecular flexibility index (Phi) is 10.4. The van der Waals surface area contributed by atoms with Crippen LogP contribution in [0, 0.1) is 0 Å². The van der Waals surface area contributed by atoms with Gasteiger partial charge in [-0.15, -0.1) is 0 Å². The second-order valence-electron chi connectivity index (χ2n) is 5.70. The van der Waals surface area contributed by atoms with Crippen LogP contribution in [-0.4, -0.2) is 39.5 Å². The Morgan fingerprint density at radius 1 is 0.842 bits per heavy atom. The van der Waals surface area contributed by atoms with Crippen molar-refractivity contribution in [2.24, 2.45) is 0 Å². The topological polar surface area (TPSA) is 30.5 Å². The van der Waals surface area contributed by atoms with Crippen LogP contribution in [0.4, 0.5) is 0 Å². The Bertz CT molecular complexity index is 199. The predicted octanol–water partition coefficient (Wildman–Crippen LogP) is 3.52. The quantitative estimate of drug-likeness (QED) is 0.776. The Morgan fingerprint density at radius 3 is 2.00 bits per heavy atom. The van der Waals surface area contributed by atoms with E-state index in [4.69, 9.17) is 9.47 Å². The summed E-state index contributed by atoms with van der Waals surface area (Å²) in [4.78, 5) is 0. The Balaban J connectivity index is 2.41. The van der Waals surface area contributed by atoms with Crippen LogP contribution in [0.25, 0.3) is 0 Å². The molecule has 0 radical (unpaired) electrons. The largest absolute Gasteiger partial charge is 0.382 e. The van der Waals surface area contributed by atoms with Crippen LogP contribution in [0.5, 0.6) is 0 Å². The lowest BCUT2D eigenvalue weighted by Gasteiger charge is -2.27. The molecule has 0 amide bonds. The average molecular weight is 271 g/mol. The molecule has 2 unspecified atom stereocenters. The fraction of sp³-hybridized carbons (Fsp3) is 1.00. The van der Waals surface area contributed by atoms with E-state index in [1.807, 2.05) is 0 Å². The highest BCUT2D eigenvalue weighted by atomic mass is 16.5. The molecule has 1 fully saturated rings. The number of hydrogen-bond donors (Lipinski definition) is 1. The van der Waals surface area contributed by atoms with Gasteiger partial charge in [-0.05, 0) is 19.9 Å². The van der Waals surface area contributed by atoms with Gasteiger partial charge in [0.05, 0.1) is 19.3 Å². The number of methoxy groups -OCH3 is 1. The van der Waals surface area contributed by atoms with Gasteiger partial charge in [-0.2, -0.15) is 0 Å². The number of hydrogen-bond acceptors (Lipinski definition) is 3. The summed E-state index contributed by atoms with van der Waals surface area (Å²) in [6.07, 6.45) is 13.8. The lowest BCUT2D eigenvalue weighted by atomic mass is 9.96. The zero-order valence-corrected chi connectivity index (χ0v) is 13.0. The Labute approximate surface area is 119 Å². The minimum atomic E-state index is 0.361. The Hall–Kier alpha value is -0.120. The van der Waals surface area contributed by atoms with E-state index >= 15 is 0 Å². The first kappa shape index (κ1) is 16.9. The van der Waals surface area contributed by atoms with Gasteiger partial charge >= 0.3 is 0 Å². The van der Waals surface area contributed by atoms with Gasteiger partial charge in [0, 0.05) is 13.2 Å². The molecule has 0 saturated heterocycles. The summed E-state index contributed by atoms with van der Waals surface area (Å²) in [5.74, 6) is 0. The summed E-state index contributed by atoms with van der Waals surface area (Å²) >= 11 is 0. The van der Waals surface area contributed by atoms with Crippen molar-refractivity contribution in [3.8, 4) is 0 Å². The van der Waals surface area contributed by atoms with Crippen LogP contribution in [0.3, 0.4) is 0 Å². The van der Waals surface area contributed by atoms with Crippen molar-refractivity contribution < 1.29 is 9.47 Å². The van der Waals surface area contributed by atoms with E-state index in [1.54, 1.807) is 7.11 Å². The molecule has 0 aliphatic heterocycles. The predicted molar refractivity (Wildman–Crippen MR) is 80.6 cm³/mol. The summed E-state index contributed by atoms with van der Waals surface area (Å²) in [5.41, 5.74) is 0. The highest BCUT2D eigenvalue weighted by molar-refractivity contribution is 4.76. The van der Waals surface area contributed by atoms with Gasteiger partial charge in [0.25, 0.3) is 0 Å². The van der Waals surface area contributed by atoms with Crippen molar-refractivity contribution >= 4 is 0 Å². The molecule has 0 heterocycles. The molecule has 0 bridgehead atoms. The SMILES string of the molecule is CNC1CCCCCCCCCCC1OCCOC. The van der Waals surface area contributed by atoms with Crippen LogP contribution in [0.15, 0.2) is 0 Å². The average Bonchev–Trinajstić information content (AvgIpc) is 2.41. The van der Waals surface area contributed by atoms with Crippen molar-refractivity contribution in [3.63, 3.8) is 0 Å². The number of nitrogens with one attached hydrogen (secondary N) is 1. The van der Waals surface area contributed by atoms with Crippen LogP contribution in [-0.2, 0) is 9.47 Å². The molecule has 0 spiro atoms. The van der Waals surface area contributed by atoms with Crippen molar-refractivity contribution in [3.05, 3.63) is 0 Å². The first-order chi connectivity index (χ1) is 9.38. The first-order valence-corrected chi connectivity index (χ1v) is 8.16. The molecule has 0 aromatic carbocycles. The van der Waals surface area contributed by atoms with E-state index in [0.717, 1.165) is 6.61 Å². The van der Waals surface area contributed by atoms with E-state index in [9.17, 15) is 0 Å². The van der Waals surface area contributed by atoms with Crippen molar-refractivity contribution in [2.75, 3.05) is 27.4 Å². The zero-order chi connectivity index (χ0) is 13.8. The van der Waals surface area contributed by atoms with Crippen molar-refractivity contribution in [1.82, 2.24) is 5.32 Å². The third-order valence-corrected chi connectivity index (χ3v) is 4.19. The summed E-state index contributed by atoms with van der Waals surface area (Å²) in [7, 11) is 3.81. The molecule has 1 saturated carbocycles. The maximum Gasteiger partial charge on any atom is 0.0729 e. The second kappa shape index (κ2) is 11.7. The minimum absolute atomic E-state index is 0.361. The summed E-state index contributed by atoms with van der Waals surface area (Å²) < 4.78 is 11.1. The van der Waals surface area contributed by atoms with Crippen molar-refractivity contribution in [2.45, 2.75) is 76.4 Å². The molecule has 1 N–H and O–H groups in total. The van der Waals surface area contributed by atoms with Gasteiger partial charge in [-0.1, -0.05) is 51.4 Å².